The Kier molecular flexibility index (Phi) is 4.23. The molecule has 0 spiro atoms. The molecule has 1 aliphatic rings. The second-order valence-corrected chi connectivity index (χ2v) is 6.55. The molecule has 1 aliphatic carbocycles. The quantitative estimate of drug-likeness (QED) is 0.868. The van der Waals surface area contributed by atoms with Gasteiger partial charge in [-0.3, -0.25) is 0 Å². The summed E-state index contributed by atoms with van der Waals surface area (Å²) in [6, 6.07) is 2.86. The molecule has 15 heavy (non-hydrogen) atoms. The zero-order valence-electron chi connectivity index (χ0n) is 9.13. The van der Waals surface area contributed by atoms with E-state index in [1.165, 1.54) is 35.0 Å². The van der Waals surface area contributed by atoms with E-state index in [1.54, 1.807) is 11.3 Å². The van der Waals surface area contributed by atoms with Gasteiger partial charge >= 0.3 is 0 Å². The first-order valence-corrected chi connectivity index (χ1v) is 7.46. The van der Waals surface area contributed by atoms with E-state index in [-0.39, 0.29) is 0 Å². The normalized spacial score (nSPS) is 19.6. The number of thiophene rings is 1. The summed E-state index contributed by atoms with van der Waals surface area (Å²) < 4.78 is 1.25. The van der Waals surface area contributed by atoms with Gasteiger partial charge in [-0.15, -0.1) is 11.3 Å². The van der Waals surface area contributed by atoms with Gasteiger partial charge in [0.25, 0.3) is 0 Å². The monoisotopic (exact) mass is 287 g/mol. The van der Waals surface area contributed by atoms with Crippen LogP contribution >= 0.6 is 27.3 Å². The number of hydrogen-bond donors (Lipinski definition) is 1. The second kappa shape index (κ2) is 5.46. The summed E-state index contributed by atoms with van der Waals surface area (Å²) in [5, 5.41) is 5.93. The van der Waals surface area contributed by atoms with Gasteiger partial charge in [-0.1, -0.05) is 19.8 Å². The summed E-state index contributed by atoms with van der Waals surface area (Å²) in [7, 11) is 0. The maximum atomic E-state index is 3.64. The molecule has 0 amide bonds. The maximum absolute atomic E-state index is 3.64. The van der Waals surface area contributed by atoms with Gasteiger partial charge in [-0.2, -0.15) is 0 Å². The third kappa shape index (κ3) is 2.83. The third-order valence-electron chi connectivity index (χ3n) is 3.24. The van der Waals surface area contributed by atoms with Crippen molar-refractivity contribution in [2.45, 2.75) is 38.6 Å². The van der Waals surface area contributed by atoms with E-state index in [0.717, 1.165) is 12.5 Å². The molecule has 0 saturated heterocycles. The van der Waals surface area contributed by atoms with Crippen LogP contribution in [0.5, 0.6) is 0 Å². The van der Waals surface area contributed by atoms with Crippen LogP contribution in [-0.4, -0.2) is 6.54 Å². The highest BCUT2D eigenvalue weighted by atomic mass is 79.9. The summed E-state index contributed by atoms with van der Waals surface area (Å²) in [6.45, 7) is 3.26. The first-order chi connectivity index (χ1) is 7.31. The molecule has 1 saturated carbocycles. The fraction of sp³-hybridized carbons (Fsp3) is 0.667. The van der Waals surface area contributed by atoms with E-state index in [4.69, 9.17) is 0 Å². The number of rotatable bonds is 4. The molecule has 0 aromatic carbocycles. The van der Waals surface area contributed by atoms with Crippen LogP contribution < -0.4 is 5.32 Å². The molecule has 0 radical (unpaired) electrons. The predicted molar refractivity (Wildman–Crippen MR) is 70.4 cm³/mol. The molecule has 1 unspecified atom stereocenters. The van der Waals surface area contributed by atoms with Crippen molar-refractivity contribution in [3.8, 4) is 0 Å². The predicted octanol–water partition coefficient (Wildman–Crippen LogP) is 4.35. The van der Waals surface area contributed by atoms with Crippen LogP contribution in [0.2, 0.25) is 0 Å². The highest BCUT2D eigenvalue weighted by Crippen LogP contribution is 2.37. The molecule has 1 N–H and O–H groups in total. The average Bonchev–Trinajstić information content (AvgIpc) is 2.85. The van der Waals surface area contributed by atoms with Crippen LogP contribution in [0.4, 0.5) is 0 Å². The molecular formula is C12H18BrNS. The van der Waals surface area contributed by atoms with Crippen molar-refractivity contribution >= 4 is 27.3 Å². The molecule has 1 aromatic rings. The van der Waals surface area contributed by atoms with Gasteiger partial charge in [0, 0.05) is 6.04 Å². The van der Waals surface area contributed by atoms with Crippen LogP contribution in [0.25, 0.3) is 0 Å². The van der Waals surface area contributed by atoms with Gasteiger partial charge in [0.2, 0.25) is 0 Å². The average molecular weight is 288 g/mol. The lowest BCUT2D eigenvalue weighted by Gasteiger charge is -2.23. The van der Waals surface area contributed by atoms with Crippen LogP contribution in [0.15, 0.2) is 15.2 Å². The standard InChI is InChI=1S/C12H18BrNS/c1-2-14-12(9-5-3-4-6-9)10-7-11(13)15-8-10/h7-9,12,14H,2-6H2,1H3. The summed E-state index contributed by atoms with van der Waals surface area (Å²) in [5.74, 6) is 0.853. The molecular weight excluding hydrogens is 270 g/mol. The Morgan fingerprint density at radius 1 is 1.53 bits per heavy atom. The minimum absolute atomic E-state index is 0.583. The Bertz CT molecular complexity index is 304. The maximum Gasteiger partial charge on any atom is 0.0701 e. The van der Waals surface area contributed by atoms with E-state index in [9.17, 15) is 0 Å². The molecule has 3 heteroatoms. The van der Waals surface area contributed by atoms with Crippen molar-refractivity contribution in [1.82, 2.24) is 5.32 Å². The topological polar surface area (TPSA) is 12.0 Å². The minimum Gasteiger partial charge on any atom is -0.310 e. The van der Waals surface area contributed by atoms with E-state index in [0.29, 0.717) is 6.04 Å². The van der Waals surface area contributed by atoms with E-state index in [2.05, 4.69) is 39.6 Å². The van der Waals surface area contributed by atoms with Crippen LogP contribution in [0, 0.1) is 5.92 Å². The van der Waals surface area contributed by atoms with Gasteiger partial charge in [0.15, 0.2) is 0 Å². The van der Waals surface area contributed by atoms with E-state index in [1.807, 2.05) is 0 Å². The van der Waals surface area contributed by atoms with Crippen molar-refractivity contribution in [3.63, 3.8) is 0 Å². The molecule has 1 heterocycles. The minimum atomic E-state index is 0.583. The highest BCUT2D eigenvalue weighted by molar-refractivity contribution is 9.11. The van der Waals surface area contributed by atoms with Crippen LogP contribution in [-0.2, 0) is 0 Å². The molecule has 0 bridgehead atoms. The molecule has 1 aromatic heterocycles. The van der Waals surface area contributed by atoms with Crippen LogP contribution in [0.1, 0.15) is 44.2 Å². The fourth-order valence-corrected chi connectivity index (χ4v) is 3.77. The first kappa shape index (κ1) is 11.6. The van der Waals surface area contributed by atoms with Crippen molar-refractivity contribution < 1.29 is 0 Å². The SMILES string of the molecule is CCNC(c1csc(Br)c1)C1CCCC1. The third-order valence-corrected chi connectivity index (χ3v) is 4.76. The fourth-order valence-electron chi connectivity index (χ4n) is 2.55. The second-order valence-electron chi connectivity index (χ2n) is 4.26. The molecule has 1 fully saturated rings. The lowest BCUT2D eigenvalue weighted by molar-refractivity contribution is 0.375. The smallest absolute Gasteiger partial charge is 0.0701 e. The van der Waals surface area contributed by atoms with Gasteiger partial charge in [-0.25, -0.2) is 0 Å². The van der Waals surface area contributed by atoms with E-state index < -0.39 is 0 Å². The molecule has 84 valence electrons. The van der Waals surface area contributed by atoms with Gasteiger partial charge in [-0.05, 0) is 58.2 Å². The first-order valence-electron chi connectivity index (χ1n) is 5.78. The summed E-state index contributed by atoms with van der Waals surface area (Å²) in [5.41, 5.74) is 1.47. The van der Waals surface area contributed by atoms with Crippen LogP contribution in [0.3, 0.4) is 0 Å². The molecule has 2 rings (SSSR count). The van der Waals surface area contributed by atoms with Crippen molar-refractivity contribution in [1.29, 1.82) is 0 Å². The zero-order chi connectivity index (χ0) is 10.7. The lowest BCUT2D eigenvalue weighted by atomic mass is 9.93. The van der Waals surface area contributed by atoms with Crippen molar-refractivity contribution in [2.75, 3.05) is 6.54 Å². The van der Waals surface area contributed by atoms with Crippen molar-refractivity contribution in [3.05, 3.63) is 20.8 Å². The van der Waals surface area contributed by atoms with E-state index >= 15 is 0 Å². The number of halogens is 1. The molecule has 0 aliphatic heterocycles. The largest absolute Gasteiger partial charge is 0.310 e. The van der Waals surface area contributed by atoms with Gasteiger partial charge in [0.1, 0.15) is 0 Å². The van der Waals surface area contributed by atoms with Gasteiger partial charge < -0.3 is 5.32 Å². The Morgan fingerprint density at radius 3 is 2.80 bits per heavy atom. The summed E-state index contributed by atoms with van der Waals surface area (Å²) >= 11 is 5.34. The molecule has 1 nitrogen and oxygen atoms in total. The summed E-state index contributed by atoms with van der Waals surface area (Å²) in [4.78, 5) is 0. The van der Waals surface area contributed by atoms with Gasteiger partial charge in [0.05, 0.1) is 3.79 Å². The lowest BCUT2D eigenvalue weighted by Crippen LogP contribution is -2.26. The molecule has 1 atom stereocenters. The Labute approximate surface area is 104 Å². The Balaban J connectivity index is 2.11. The zero-order valence-corrected chi connectivity index (χ0v) is 11.5. The Morgan fingerprint density at radius 2 is 2.27 bits per heavy atom. The number of hydrogen-bond acceptors (Lipinski definition) is 2. The number of nitrogens with one attached hydrogen (secondary N) is 1. The highest BCUT2D eigenvalue weighted by Gasteiger charge is 2.26. The summed E-state index contributed by atoms with van der Waals surface area (Å²) in [6.07, 6.45) is 5.62. The Hall–Kier alpha value is 0.140. The van der Waals surface area contributed by atoms with Crippen molar-refractivity contribution in [2.24, 2.45) is 5.92 Å².